The molecule has 2 aliphatic rings. The lowest BCUT2D eigenvalue weighted by Crippen LogP contribution is -2.47. The molecule has 1 saturated heterocycles. The highest BCUT2D eigenvalue weighted by Crippen LogP contribution is 2.34. The summed E-state index contributed by atoms with van der Waals surface area (Å²) in [7, 11) is 0. The Balaban J connectivity index is 0.827. The lowest BCUT2D eigenvalue weighted by Gasteiger charge is -2.25. The van der Waals surface area contributed by atoms with Gasteiger partial charge in [0.05, 0.1) is 40.3 Å². The molecule has 0 radical (unpaired) electrons. The number of aromatic amines is 1. The summed E-state index contributed by atoms with van der Waals surface area (Å²) in [6.45, 7) is 6.27. The van der Waals surface area contributed by atoms with Gasteiger partial charge in [-0.15, -0.1) is 21.5 Å². The Kier molecular flexibility index (Phi) is 9.37. The van der Waals surface area contributed by atoms with Crippen molar-refractivity contribution >= 4 is 34.2 Å². The van der Waals surface area contributed by atoms with Crippen LogP contribution in [0.5, 0.6) is 11.6 Å². The normalized spacial score (nSPS) is 17.7. The molecule has 4 aromatic heterocycles. The van der Waals surface area contributed by atoms with E-state index in [-0.39, 0.29) is 48.9 Å². The second kappa shape index (κ2) is 14.4. The number of nitrogens with zero attached hydrogens (tertiary/aromatic N) is 6. The Bertz CT molecular complexity index is 2280. The quantitative estimate of drug-likeness (QED) is 0.147. The smallest absolute Gasteiger partial charge is 0.254 e. The molecular weight excluding hydrogens is 697 g/mol. The van der Waals surface area contributed by atoms with Gasteiger partial charge >= 0.3 is 0 Å². The Morgan fingerprint density at radius 2 is 1.96 bits per heavy atom. The molecule has 2 aliphatic heterocycles. The van der Waals surface area contributed by atoms with E-state index in [0.717, 1.165) is 38.3 Å². The Morgan fingerprint density at radius 3 is 2.75 bits per heavy atom. The Hall–Kier alpha value is -5.64. The number of likely N-dealkylation sites (tertiary alicyclic amines) is 1. The number of amides is 2. The molecule has 0 saturated carbocycles. The van der Waals surface area contributed by atoms with Gasteiger partial charge in [0.15, 0.2) is 5.65 Å². The first kappa shape index (κ1) is 34.4. The summed E-state index contributed by atoms with van der Waals surface area (Å²) in [5.74, 6) is 0.0536. The van der Waals surface area contributed by atoms with E-state index in [1.165, 1.54) is 4.90 Å². The number of carbonyl (C=O) groups excluding carboxylic acids is 2. The van der Waals surface area contributed by atoms with Gasteiger partial charge < -0.3 is 34.7 Å². The maximum absolute atomic E-state index is 13.4. The van der Waals surface area contributed by atoms with E-state index in [1.54, 1.807) is 29.5 Å². The number of aliphatic hydroxyl groups excluding tert-OH is 1. The monoisotopic (exact) mass is 734 g/mol. The molecule has 0 unspecified atom stereocenters. The molecular formula is C38H38N8O6S. The number of aliphatic hydroxyl groups is 1. The number of aryl methyl sites for hydroxylation is 1. The number of H-pyrrole nitrogens is 1. The average Bonchev–Trinajstić information content (AvgIpc) is 3.99. The van der Waals surface area contributed by atoms with Gasteiger partial charge in [-0.1, -0.05) is 36.4 Å². The molecule has 8 rings (SSSR count). The van der Waals surface area contributed by atoms with Crippen LogP contribution in [0.2, 0.25) is 0 Å². The number of aromatic hydroxyl groups is 1. The van der Waals surface area contributed by atoms with Gasteiger partial charge in [-0.3, -0.25) is 14.5 Å². The minimum atomic E-state index is -0.807. The van der Waals surface area contributed by atoms with Crippen molar-refractivity contribution in [3.05, 3.63) is 94.4 Å². The third-order valence-electron chi connectivity index (χ3n) is 9.90. The SMILES string of the molecule is Cc1ncsc1-c1ccc([C@H](C)NC(=O)[C@@H]2C[C@@H](O)CN2C(=O)Cc2cc(OCCN3Cc4[nH]c5nnc(-c6ccccc6O)cc5c4C3)no2)cc1. The van der Waals surface area contributed by atoms with E-state index in [2.05, 4.69) is 35.5 Å². The van der Waals surface area contributed by atoms with E-state index in [0.29, 0.717) is 48.9 Å². The fourth-order valence-corrected chi connectivity index (χ4v) is 7.91. The molecule has 2 aromatic carbocycles. The third-order valence-corrected chi connectivity index (χ3v) is 10.9. The number of fused-ring (bicyclic) bond motifs is 3. The number of nitrogens with one attached hydrogen (secondary N) is 2. The van der Waals surface area contributed by atoms with Crippen LogP contribution in [0.25, 0.3) is 32.7 Å². The lowest BCUT2D eigenvalue weighted by atomic mass is 10.0. The first-order chi connectivity index (χ1) is 25.7. The van der Waals surface area contributed by atoms with Crippen molar-refractivity contribution in [2.24, 2.45) is 0 Å². The van der Waals surface area contributed by atoms with Crippen LogP contribution in [0.15, 0.2) is 70.7 Å². The fraction of sp³-hybridized carbons (Fsp3) is 0.316. The van der Waals surface area contributed by atoms with Crippen molar-refractivity contribution in [1.82, 2.24) is 40.4 Å². The molecule has 53 heavy (non-hydrogen) atoms. The molecule has 0 bridgehead atoms. The molecule has 14 nitrogen and oxygen atoms in total. The van der Waals surface area contributed by atoms with Gasteiger partial charge in [0.2, 0.25) is 11.8 Å². The van der Waals surface area contributed by atoms with Crippen LogP contribution in [-0.2, 0) is 29.1 Å². The number of carbonyl (C=O) groups is 2. The molecule has 3 atom stereocenters. The van der Waals surface area contributed by atoms with Gasteiger partial charge in [0.1, 0.15) is 24.2 Å². The number of para-hydroxylation sites is 1. The lowest BCUT2D eigenvalue weighted by molar-refractivity contribution is -0.138. The van der Waals surface area contributed by atoms with Crippen LogP contribution in [0, 0.1) is 6.92 Å². The summed E-state index contributed by atoms with van der Waals surface area (Å²) in [6.07, 6.45) is -0.780. The van der Waals surface area contributed by atoms with E-state index in [9.17, 15) is 19.8 Å². The maximum Gasteiger partial charge on any atom is 0.254 e. The van der Waals surface area contributed by atoms with Crippen molar-refractivity contribution in [3.8, 4) is 33.3 Å². The van der Waals surface area contributed by atoms with Crippen molar-refractivity contribution in [2.75, 3.05) is 19.7 Å². The second-order valence-electron chi connectivity index (χ2n) is 13.5. The minimum absolute atomic E-state index is 0.0570. The maximum atomic E-state index is 13.4. The van der Waals surface area contributed by atoms with Crippen LogP contribution in [0.4, 0.5) is 0 Å². The number of benzene rings is 2. The Morgan fingerprint density at radius 1 is 1.13 bits per heavy atom. The van der Waals surface area contributed by atoms with Crippen LogP contribution in [0.1, 0.15) is 47.7 Å². The summed E-state index contributed by atoms with van der Waals surface area (Å²) in [6, 6.07) is 17.5. The molecule has 1 fully saturated rings. The van der Waals surface area contributed by atoms with Gasteiger partial charge in [0.25, 0.3) is 5.88 Å². The fourth-order valence-electron chi connectivity index (χ4n) is 7.10. The molecule has 6 heterocycles. The molecule has 0 spiro atoms. The van der Waals surface area contributed by atoms with Gasteiger partial charge in [-0.05, 0) is 53.9 Å². The number of ether oxygens (including phenoxy) is 1. The minimum Gasteiger partial charge on any atom is -0.507 e. The van der Waals surface area contributed by atoms with Gasteiger partial charge in [-0.2, -0.15) is 0 Å². The highest BCUT2D eigenvalue weighted by atomic mass is 32.1. The third kappa shape index (κ3) is 7.10. The molecule has 0 aliphatic carbocycles. The Labute approximate surface area is 308 Å². The first-order valence-corrected chi connectivity index (χ1v) is 18.3. The van der Waals surface area contributed by atoms with E-state index in [1.807, 2.05) is 61.8 Å². The first-order valence-electron chi connectivity index (χ1n) is 17.4. The van der Waals surface area contributed by atoms with Crippen LogP contribution in [0.3, 0.4) is 0 Å². The van der Waals surface area contributed by atoms with Crippen LogP contribution >= 0.6 is 11.3 Å². The number of β-amino-alcohol motifs (C(OH)–C–C–N with tert-alkyl or cyclic N) is 1. The molecule has 272 valence electrons. The zero-order valence-corrected chi connectivity index (χ0v) is 30.0. The van der Waals surface area contributed by atoms with Crippen molar-refractivity contribution < 1.29 is 29.1 Å². The number of hydrogen-bond acceptors (Lipinski definition) is 12. The molecule has 2 amide bonds. The molecule has 6 aromatic rings. The number of rotatable bonds is 11. The molecule has 15 heteroatoms. The number of phenols is 1. The van der Waals surface area contributed by atoms with E-state index < -0.39 is 12.1 Å². The predicted octanol–water partition coefficient (Wildman–Crippen LogP) is 4.53. The standard InChI is InChI=1S/C38H38N8O6S/c1-21(23-7-9-24(10-8-23)36-22(2)39-20-53-36)40-38(50)32-13-25(47)17-46(32)35(49)15-26-14-34(44-52-26)51-12-11-45-18-29-28-16-30(27-5-3-4-6-33(27)48)42-43-37(28)41-31(29)19-45/h3-10,14,16,20-21,25,32,47-48H,11-13,15,17-19H2,1-2H3,(H,40,50)(H,41,43)/t21-,25+,32-/m0/s1. The number of phenolic OH excluding ortho intramolecular Hbond substituents is 1. The van der Waals surface area contributed by atoms with Gasteiger partial charge in [-0.25, -0.2) is 4.98 Å². The van der Waals surface area contributed by atoms with Gasteiger partial charge in [0, 0.05) is 55.3 Å². The summed E-state index contributed by atoms with van der Waals surface area (Å²) in [5, 5.41) is 37.3. The highest BCUT2D eigenvalue weighted by molar-refractivity contribution is 7.13. The average molecular weight is 735 g/mol. The number of thiazole rings is 1. The van der Waals surface area contributed by atoms with Crippen molar-refractivity contribution in [1.29, 1.82) is 0 Å². The van der Waals surface area contributed by atoms with Crippen LogP contribution in [-0.4, -0.2) is 89.0 Å². The largest absolute Gasteiger partial charge is 0.507 e. The number of hydrogen-bond donors (Lipinski definition) is 4. The zero-order chi connectivity index (χ0) is 36.6. The number of aromatic nitrogens is 5. The second-order valence-corrected chi connectivity index (χ2v) is 14.4. The zero-order valence-electron chi connectivity index (χ0n) is 29.2. The topological polar surface area (TPSA) is 183 Å². The summed E-state index contributed by atoms with van der Waals surface area (Å²) in [5.41, 5.74) is 8.94. The van der Waals surface area contributed by atoms with E-state index in [4.69, 9.17) is 9.26 Å². The summed E-state index contributed by atoms with van der Waals surface area (Å²) < 4.78 is 11.3. The molecule has 4 N–H and O–H groups in total. The van der Waals surface area contributed by atoms with Crippen LogP contribution < -0.4 is 10.1 Å². The van der Waals surface area contributed by atoms with E-state index >= 15 is 0 Å². The summed E-state index contributed by atoms with van der Waals surface area (Å²) in [4.78, 5) is 39.2. The van der Waals surface area contributed by atoms with Crippen molar-refractivity contribution in [2.45, 2.75) is 58.0 Å². The highest BCUT2D eigenvalue weighted by Gasteiger charge is 2.39. The predicted molar refractivity (Wildman–Crippen MR) is 196 cm³/mol. The summed E-state index contributed by atoms with van der Waals surface area (Å²) >= 11 is 1.59. The van der Waals surface area contributed by atoms with Crippen molar-refractivity contribution in [3.63, 3.8) is 0 Å².